The summed E-state index contributed by atoms with van der Waals surface area (Å²) in [5.41, 5.74) is 0.0782. The minimum Gasteiger partial charge on any atom is -0.393 e. The lowest BCUT2D eigenvalue weighted by molar-refractivity contribution is -0.122. The van der Waals surface area contributed by atoms with E-state index in [1.54, 1.807) is 36.4 Å². The van der Waals surface area contributed by atoms with Gasteiger partial charge in [0.2, 0.25) is 0 Å². The van der Waals surface area contributed by atoms with E-state index in [4.69, 9.17) is 0 Å². The Morgan fingerprint density at radius 3 is 2.52 bits per heavy atom. The van der Waals surface area contributed by atoms with E-state index in [-0.39, 0.29) is 11.3 Å². The molecule has 0 radical (unpaired) electrons. The number of hydrogen-bond donors (Lipinski definition) is 1. The van der Waals surface area contributed by atoms with Crippen molar-refractivity contribution in [2.75, 3.05) is 4.31 Å². The molecule has 25 heavy (non-hydrogen) atoms. The van der Waals surface area contributed by atoms with E-state index >= 15 is 0 Å². The molecule has 5 nitrogen and oxygen atoms in total. The van der Waals surface area contributed by atoms with Crippen molar-refractivity contribution in [3.05, 3.63) is 58.6 Å². The molecule has 0 aromatic heterocycles. The van der Waals surface area contributed by atoms with Crippen molar-refractivity contribution in [1.29, 1.82) is 0 Å². The van der Waals surface area contributed by atoms with Crippen molar-refractivity contribution in [2.24, 2.45) is 0 Å². The minimum absolute atomic E-state index is 0.0767. The normalized spacial score (nSPS) is 25.6. The number of benzene rings is 2. The molecule has 1 amide bonds. The second-order valence-corrected chi connectivity index (χ2v) is 9.23. The van der Waals surface area contributed by atoms with Crippen LogP contribution in [-0.4, -0.2) is 25.5 Å². The van der Waals surface area contributed by atoms with Crippen LogP contribution in [-0.2, 0) is 20.2 Å². The zero-order chi connectivity index (χ0) is 17.8. The first-order valence-corrected chi connectivity index (χ1v) is 10.2. The van der Waals surface area contributed by atoms with Gasteiger partial charge in [0.1, 0.15) is 0 Å². The van der Waals surface area contributed by atoms with Crippen LogP contribution >= 0.6 is 15.9 Å². The van der Waals surface area contributed by atoms with E-state index in [1.165, 1.54) is 12.1 Å². The molecule has 1 aliphatic heterocycles. The zero-order valence-corrected chi connectivity index (χ0v) is 15.6. The van der Waals surface area contributed by atoms with Gasteiger partial charge in [-0.15, -0.1) is 0 Å². The molecule has 2 unspecified atom stereocenters. The molecule has 1 N–H and O–H groups in total. The second kappa shape index (κ2) is 5.65. The largest absolute Gasteiger partial charge is 0.393 e. The molecule has 4 rings (SSSR count). The molecule has 130 valence electrons. The molecule has 1 heterocycles. The molecular weight excluding hydrogens is 406 g/mol. The second-order valence-electron chi connectivity index (χ2n) is 6.53. The maximum absolute atomic E-state index is 13.3. The van der Waals surface area contributed by atoms with Crippen LogP contribution in [0, 0.1) is 0 Å². The van der Waals surface area contributed by atoms with Crippen LogP contribution in [0.1, 0.15) is 24.8 Å². The van der Waals surface area contributed by atoms with Crippen LogP contribution in [0.3, 0.4) is 0 Å². The van der Waals surface area contributed by atoms with Crippen LogP contribution in [0.5, 0.6) is 0 Å². The Labute approximate surface area is 154 Å². The van der Waals surface area contributed by atoms with Gasteiger partial charge >= 0.3 is 0 Å². The van der Waals surface area contributed by atoms with E-state index in [1.807, 2.05) is 0 Å². The summed E-state index contributed by atoms with van der Waals surface area (Å²) in [6.45, 7) is 0. The Bertz CT molecular complexity index is 960. The summed E-state index contributed by atoms with van der Waals surface area (Å²) in [6, 6.07) is 13.1. The third-order valence-electron chi connectivity index (χ3n) is 5.06. The number of hydrogen-bond acceptors (Lipinski definition) is 4. The predicted octanol–water partition coefficient (Wildman–Crippen LogP) is 2.97. The fourth-order valence-corrected chi connectivity index (χ4v) is 5.77. The SMILES string of the molecule is O=C1N(S(=O)(=O)c2ccccc2)c2ccc(Br)cc2C12CCC(O)C2. The Morgan fingerprint density at radius 2 is 1.88 bits per heavy atom. The van der Waals surface area contributed by atoms with Crippen molar-refractivity contribution < 1.29 is 18.3 Å². The van der Waals surface area contributed by atoms with Gasteiger partial charge in [-0.1, -0.05) is 34.1 Å². The number of carbonyl (C=O) groups is 1. The molecule has 2 atom stereocenters. The molecule has 2 aliphatic rings. The van der Waals surface area contributed by atoms with Gasteiger partial charge in [-0.3, -0.25) is 4.79 Å². The van der Waals surface area contributed by atoms with E-state index in [0.29, 0.717) is 24.1 Å². The number of aliphatic hydroxyl groups is 1. The van der Waals surface area contributed by atoms with E-state index < -0.39 is 27.4 Å². The fraction of sp³-hybridized carbons (Fsp3) is 0.278. The third kappa shape index (κ3) is 2.37. The summed E-state index contributed by atoms with van der Waals surface area (Å²) in [7, 11) is -4.01. The summed E-state index contributed by atoms with van der Waals surface area (Å²) in [5, 5.41) is 10.0. The molecule has 1 fully saturated rings. The number of sulfonamides is 1. The lowest BCUT2D eigenvalue weighted by Gasteiger charge is -2.23. The number of fused-ring (bicyclic) bond motifs is 2. The highest BCUT2D eigenvalue weighted by Gasteiger charge is 2.57. The van der Waals surface area contributed by atoms with Crippen molar-refractivity contribution in [1.82, 2.24) is 0 Å². The molecular formula is C18H16BrNO4S. The van der Waals surface area contributed by atoms with E-state index in [2.05, 4.69) is 15.9 Å². The highest BCUT2D eigenvalue weighted by molar-refractivity contribution is 9.10. The van der Waals surface area contributed by atoms with Crippen LogP contribution in [0.25, 0.3) is 0 Å². The van der Waals surface area contributed by atoms with Crippen LogP contribution in [0.2, 0.25) is 0 Å². The van der Waals surface area contributed by atoms with Crippen molar-refractivity contribution >= 4 is 37.5 Å². The van der Waals surface area contributed by atoms with Gasteiger partial charge < -0.3 is 5.11 Å². The third-order valence-corrected chi connectivity index (χ3v) is 7.26. The topological polar surface area (TPSA) is 74.7 Å². The van der Waals surface area contributed by atoms with Crippen LogP contribution in [0.4, 0.5) is 5.69 Å². The van der Waals surface area contributed by atoms with Crippen molar-refractivity contribution in [2.45, 2.75) is 35.7 Å². The summed E-state index contributed by atoms with van der Waals surface area (Å²) < 4.78 is 28.0. The van der Waals surface area contributed by atoms with Gasteiger partial charge in [-0.2, -0.15) is 0 Å². The highest BCUT2D eigenvalue weighted by atomic mass is 79.9. The molecule has 2 aromatic rings. The van der Waals surface area contributed by atoms with Gasteiger partial charge in [-0.05, 0) is 55.2 Å². The minimum atomic E-state index is -4.01. The van der Waals surface area contributed by atoms with Crippen LogP contribution in [0.15, 0.2) is 57.9 Å². The lowest BCUT2D eigenvalue weighted by atomic mass is 9.80. The standard InChI is InChI=1S/C18H16BrNO4S/c19-12-6-7-16-15(10-12)18(9-8-13(21)11-18)17(22)20(16)25(23,24)14-4-2-1-3-5-14/h1-7,10,13,21H,8-9,11H2. The number of anilines is 1. The van der Waals surface area contributed by atoms with Crippen molar-refractivity contribution in [3.8, 4) is 0 Å². The maximum Gasteiger partial charge on any atom is 0.270 e. The quantitative estimate of drug-likeness (QED) is 0.808. The summed E-state index contributed by atoms with van der Waals surface area (Å²) in [4.78, 5) is 13.4. The Hall–Kier alpha value is -1.70. The zero-order valence-electron chi connectivity index (χ0n) is 13.2. The molecule has 0 bridgehead atoms. The number of carbonyl (C=O) groups excluding carboxylic acids is 1. The highest BCUT2D eigenvalue weighted by Crippen LogP contribution is 2.53. The van der Waals surface area contributed by atoms with Gasteiger partial charge in [0.05, 0.1) is 22.1 Å². The van der Waals surface area contributed by atoms with E-state index in [9.17, 15) is 18.3 Å². The average molecular weight is 422 g/mol. The van der Waals surface area contributed by atoms with Crippen LogP contribution < -0.4 is 4.31 Å². The number of amides is 1. The Kier molecular flexibility index (Phi) is 3.79. The summed E-state index contributed by atoms with van der Waals surface area (Å²) >= 11 is 3.40. The number of rotatable bonds is 2. The van der Waals surface area contributed by atoms with Gasteiger partial charge in [0.25, 0.3) is 15.9 Å². The van der Waals surface area contributed by atoms with Gasteiger partial charge in [-0.25, -0.2) is 12.7 Å². The molecule has 0 saturated heterocycles. The number of aliphatic hydroxyl groups excluding tert-OH is 1. The fourth-order valence-electron chi connectivity index (χ4n) is 3.88. The van der Waals surface area contributed by atoms with Crippen molar-refractivity contribution in [3.63, 3.8) is 0 Å². The number of halogens is 1. The Morgan fingerprint density at radius 1 is 1.16 bits per heavy atom. The molecule has 1 saturated carbocycles. The summed E-state index contributed by atoms with van der Waals surface area (Å²) in [5.74, 6) is -0.471. The number of nitrogens with zero attached hydrogens (tertiary/aromatic N) is 1. The lowest BCUT2D eigenvalue weighted by Crippen LogP contribution is -2.42. The average Bonchev–Trinajstić information content (AvgIpc) is 3.09. The maximum atomic E-state index is 13.3. The molecule has 1 aliphatic carbocycles. The first-order chi connectivity index (χ1) is 11.9. The first kappa shape index (κ1) is 16.8. The first-order valence-electron chi connectivity index (χ1n) is 7.99. The molecule has 7 heteroatoms. The smallest absolute Gasteiger partial charge is 0.270 e. The molecule has 1 spiro atoms. The van der Waals surface area contributed by atoms with E-state index in [0.717, 1.165) is 8.78 Å². The monoisotopic (exact) mass is 421 g/mol. The molecule has 2 aromatic carbocycles. The van der Waals surface area contributed by atoms with Gasteiger partial charge in [0.15, 0.2) is 0 Å². The predicted molar refractivity (Wildman–Crippen MR) is 96.8 cm³/mol. The summed E-state index contributed by atoms with van der Waals surface area (Å²) in [6.07, 6.45) is 0.569. The Balaban J connectivity index is 1.93. The van der Waals surface area contributed by atoms with Gasteiger partial charge in [0, 0.05) is 4.47 Å².